The van der Waals surface area contributed by atoms with E-state index in [-0.39, 0.29) is 0 Å². The molecule has 0 rings (SSSR count). The average Bonchev–Trinajstić information content (AvgIpc) is 2.13. The zero-order valence-electron chi connectivity index (χ0n) is 10.6. The molecule has 0 spiro atoms. The molecule has 2 nitrogen and oxygen atoms in total. The van der Waals surface area contributed by atoms with Crippen LogP contribution in [0, 0.1) is 11.8 Å². The Kier molecular flexibility index (Phi) is 8.77. The van der Waals surface area contributed by atoms with E-state index >= 15 is 0 Å². The van der Waals surface area contributed by atoms with Crippen molar-refractivity contribution >= 4 is 17.3 Å². The van der Waals surface area contributed by atoms with Crippen LogP contribution in [0.25, 0.3) is 0 Å². The predicted octanol–water partition coefficient (Wildman–Crippen LogP) is 2.93. The van der Waals surface area contributed by atoms with Crippen molar-refractivity contribution in [2.45, 2.75) is 47.0 Å². The maximum absolute atomic E-state index is 5.15. The zero-order chi connectivity index (χ0) is 11.7. The second-order valence-corrected chi connectivity index (χ2v) is 5.33. The van der Waals surface area contributed by atoms with Gasteiger partial charge in [-0.15, -0.1) is 0 Å². The molecule has 0 saturated carbocycles. The van der Waals surface area contributed by atoms with Crippen LogP contribution in [-0.4, -0.2) is 18.2 Å². The Morgan fingerprint density at radius 3 is 2.20 bits per heavy atom. The van der Waals surface area contributed by atoms with Crippen molar-refractivity contribution in [1.29, 1.82) is 0 Å². The Labute approximate surface area is 100 Å². The lowest BCUT2D eigenvalue weighted by Gasteiger charge is -2.12. The first-order valence-electron chi connectivity index (χ1n) is 6.04. The summed E-state index contributed by atoms with van der Waals surface area (Å²) in [6.07, 6.45) is 3.81. The van der Waals surface area contributed by atoms with Crippen molar-refractivity contribution in [3.8, 4) is 0 Å². The van der Waals surface area contributed by atoms with Crippen molar-refractivity contribution in [3.63, 3.8) is 0 Å². The van der Waals surface area contributed by atoms with Gasteiger partial charge in [-0.25, -0.2) is 0 Å². The lowest BCUT2D eigenvalue weighted by atomic mass is 10.1. The molecule has 0 unspecified atom stereocenters. The second-order valence-electron chi connectivity index (χ2n) is 4.92. The number of hydrogen-bond acceptors (Lipinski definition) is 1. The summed E-state index contributed by atoms with van der Waals surface area (Å²) in [7, 11) is 0. The molecular weight excluding hydrogens is 204 g/mol. The number of hydrogen-bond donors (Lipinski definition) is 2. The van der Waals surface area contributed by atoms with Gasteiger partial charge in [-0.1, -0.05) is 40.5 Å². The number of rotatable bonds is 7. The van der Waals surface area contributed by atoms with Gasteiger partial charge in [0.05, 0.1) is 0 Å². The van der Waals surface area contributed by atoms with Crippen LogP contribution in [0.2, 0.25) is 0 Å². The van der Waals surface area contributed by atoms with Crippen LogP contribution < -0.4 is 10.6 Å². The quantitative estimate of drug-likeness (QED) is 0.519. The molecule has 0 atom stereocenters. The molecule has 0 aromatic heterocycles. The van der Waals surface area contributed by atoms with E-state index in [0.29, 0.717) is 5.92 Å². The first-order valence-corrected chi connectivity index (χ1v) is 6.45. The van der Waals surface area contributed by atoms with Crippen LogP contribution in [0.5, 0.6) is 0 Å². The Morgan fingerprint density at radius 1 is 1.00 bits per heavy atom. The highest BCUT2D eigenvalue weighted by Gasteiger charge is 1.97. The third-order valence-electron chi connectivity index (χ3n) is 2.16. The van der Waals surface area contributed by atoms with Gasteiger partial charge in [0.25, 0.3) is 0 Å². The van der Waals surface area contributed by atoms with Gasteiger partial charge >= 0.3 is 0 Å². The normalized spacial score (nSPS) is 10.8. The van der Waals surface area contributed by atoms with E-state index in [1.165, 1.54) is 19.3 Å². The minimum Gasteiger partial charge on any atom is -0.363 e. The van der Waals surface area contributed by atoms with Crippen molar-refractivity contribution < 1.29 is 0 Å². The van der Waals surface area contributed by atoms with E-state index in [1.807, 2.05) is 0 Å². The lowest BCUT2D eigenvalue weighted by molar-refractivity contribution is 0.534. The molecule has 0 amide bonds. The van der Waals surface area contributed by atoms with Crippen molar-refractivity contribution in [2.24, 2.45) is 11.8 Å². The fraction of sp³-hybridized carbons (Fsp3) is 0.917. The first kappa shape index (κ1) is 14.7. The van der Waals surface area contributed by atoms with Gasteiger partial charge in [0, 0.05) is 13.1 Å². The molecule has 0 saturated heterocycles. The van der Waals surface area contributed by atoms with Gasteiger partial charge in [-0.05, 0) is 30.5 Å². The molecule has 2 N–H and O–H groups in total. The summed E-state index contributed by atoms with van der Waals surface area (Å²) in [6.45, 7) is 10.8. The van der Waals surface area contributed by atoms with Gasteiger partial charge in [-0.2, -0.15) is 0 Å². The van der Waals surface area contributed by atoms with Crippen LogP contribution in [0.15, 0.2) is 0 Å². The molecule has 0 aliphatic heterocycles. The van der Waals surface area contributed by atoms with Crippen LogP contribution in [0.4, 0.5) is 0 Å². The second kappa shape index (κ2) is 8.96. The highest BCUT2D eigenvalue weighted by molar-refractivity contribution is 7.80. The topological polar surface area (TPSA) is 24.1 Å². The highest BCUT2D eigenvalue weighted by atomic mass is 32.1. The van der Waals surface area contributed by atoms with Crippen LogP contribution in [-0.2, 0) is 0 Å². The molecule has 0 radical (unpaired) electrons. The number of nitrogens with one attached hydrogen (secondary N) is 2. The Balaban J connectivity index is 3.24. The highest BCUT2D eigenvalue weighted by Crippen LogP contribution is 2.04. The number of unbranched alkanes of at least 4 members (excludes halogenated alkanes) is 1. The molecule has 0 aliphatic rings. The van der Waals surface area contributed by atoms with Crippen LogP contribution >= 0.6 is 12.2 Å². The molecule has 0 heterocycles. The fourth-order valence-electron chi connectivity index (χ4n) is 1.24. The van der Waals surface area contributed by atoms with Gasteiger partial charge in [0.2, 0.25) is 0 Å². The van der Waals surface area contributed by atoms with Crippen LogP contribution in [0.3, 0.4) is 0 Å². The third-order valence-corrected chi connectivity index (χ3v) is 2.45. The Morgan fingerprint density at radius 2 is 1.67 bits per heavy atom. The molecular formula is C12H26N2S. The van der Waals surface area contributed by atoms with Gasteiger partial charge in [0.1, 0.15) is 0 Å². The summed E-state index contributed by atoms with van der Waals surface area (Å²) in [5.74, 6) is 1.46. The van der Waals surface area contributed by atoms with E-state index in [2.05, 4.69) is 38.3 Å². The zero-order valence-corrected chi connectivity index (χ0v) is 11.4. The molecule has 0 fully saturated rings. The van der Waals surface area contributed by atoms with E-state index in [0.717, 1.165) is 24.1 Å². The van der Waals surface area contributed by atoms with Gasteiger partial charge < -0.3 is 10.6 Å². The molecule has 0 aromatic rings. The predicted molar refractivity (Wildman–Crippen MR) is 72.1 cm³/mol. The van der Waals surface area contributed by atoms with Crippen molar-refractivity contribution in [2.75, 3.05) is 13.1 Å². The van der Waals surface area contributed by atoms with Gasteiger partial charge in [-0.3, -0.25) is 0 Å². The van der Waals surface area contributed by atoms with E-state index < -0.39 is 0 Å². The minimum absolute atomic E-state index is 0.644. The molecule has 90 valence electrons. The van der Waals surface area contributed by atoms with E-state index in [4.69, 9.17) is 12.2 Å². The Bertz CT molecular complexity index is 167. The van der Waals surface area contributed by atoms with Gasteiger partial charge in [0.15, 0.2) is 5.11 Å². The fourth-order valence-corrected chi connectivity index (χ4v) is 1.42. The summed E-state index contributed by atoms with van der Waals surface area (Å²) in [5, 5.41) is 7.23. The Hall–Kier alpha value is -0.310. The lowest BCUT2D eigenvalue weighted by Crippen LogP contribution is -2.37. The largest absolute Gasteiger partial charge is 0.363 e. The third kappa shape index (κ3) is 11.6. The maximum Gasteiger partial charge on any atom is 0.166 e. The average molecular weight is 230 g/mol. The standard InChI is InChI=1S/C12H26N2S/c1-10(2)7-5-6-8-13-12(15)14-9-11(3)4/h10-11H,5-9H2,1-4H3,(H2,13,14,15). The monoisotopic (exact) mass is 230 g/mol. The molecule has 0 aromatic carbocycles. The summed E-state index contributed by atoms with van der Waals surface area (Å²) in [6, 6.07) is 0. The summed E-state index contributed by atoms with van der Waals surface area (Å²) < 4.78 is 0. The summed E-state index contributed by atoms with van der Waals surface area (Å²) in [4.78, 5) is 0. The summed E-state index contributed by atoms with van der Waals surface area (Å²) >= 11 is 5.15. The van der Waals surface area contributed by atoms with Crippen molar-refractivity contribution in [3.05, 3.63) is 0 Å². The van der Waals surface area contributed by atoms with Crippen molar-refractivity contribution in [1.82, 2.24) is 10.6 Å². The molecule has 0 bridgehead atoms. The van der Waals surface area contributed by atoms with E-state index in [1.54, 1.807) is 0 Å². The van der Waals surface area contributed by atoms with E-state index in [9.17, 15) is 0 Å². The summed E-state index contributed by atoms with van der Waals surface area (Å²) in [5.41, 5.74) is 0. The SMILES string of the molecule is CC(C)CCCCNC(=S)NCC(C)C. The van der Waals surface area contributed by atoms with Crippen LogP contribution in [0.1, 0.15) is 47.0 Å². The minimum atomic E-state index is 0.644. The first-order chi connectivity index (χ1) is 7.02. The maximum atomic E-state index is 5.15. The molecule has 15 heavy (non-hydrogen) atoms. The smallest absolute Gasteiger partial charge is 0.166 e. The molecule has 0 aliphatic carbocycles. The number of thiocarbonyl (C=S) groups is 1. The molecule has 3 heteroatoms.